The molecule has 2 atom stereocenters. The molecule has 1 aliphatic heterocycles. The number of rotatable bonds is 7. The Morgan fingerprint density at radius 1 is 1.52 bits per heavy atom. The van der Waals surface area contributed by atoms with Crippen LogP contribution in [0.1, 0.15) is 25.0 Å². The van der Waals surface area contributed by atoms with Crippen molar-refractivity contribution in [1.82, 2.24) is 10.2 Å². The second-order valence-corrected chi connectivity index (χ2v) is 6.10. The molecule has 0 spiro atoms. The minimum Gasteiger partial charge on any atom is -0.497 e. The highest BCUT2D eigenvalue weighted by atomic mass is 127. The molecular formula is C18H30IN3O3. The Balaban J connectivity index is 0.00000312. The molecule has 6 nitrogen and oxygen atoms in total. The lowest BCUT2D eigenvalue weighted by atomic mass is 10.1. The lowest BCUT2D eigenvalue weighted by Crippen LogP contribution is -2.41. The van der Waals surface area contributed by atoms with Gasteiger partial charge in [0.2, 0.25) is 0 Å². The van der Waals surface area contributed by atoms with Crippen LogP contribution >= 0.6 is 24.0 Å². The third kappa shape index (κ3) is 6.99. The van der Waals surface area contributed by atoms with Gasteiger partial charge in [0, 0.05) is 32.7 Å². The molecule has 0 saturated carbocycles. The molecule has 0 amide bonds. The van der Waals surface area contributed by atoms with Gasteiger partial charge in [-0.25, -0.2) is 0 Å². The molecule has 1 aromatic rings. The maximum absolute atomic E-state index is 10.4. The molecule has 142 valence electrons. The van der Waals surface area contributed by atoms with Crippen LogP contribution in [0.4, 0.5) is 0 Å². The highest BCUT2D eigenvalue weighted by Gasteiger charge is 2.19. The highest BCUT2D eigenvalue weighted by molar-refractivity contribution is 14.0. The molecule has 0 radical (unpaired) electrons. The standard InChI is InChI=1S/C18H29N3O3.HI/c1-4-19-18(21(2)12-14-8-9-24-13-14)20-11-17(22)15-6-5-7-16(10-15)23-3;/h5-7,10,14,17,22H,4,8-9,11-13H2,1-3H3,(H,19,20);1H. The monoisotopic (exact) mass is 463 g/mol. The van der Waals surface area contributed by atoms with E-state index >= 15 is 0 Å². The van der Waals surface area contributed by atoms with E-state index in [1.54, 1.807) is 7.11 Å². The largest absolute Gasteiger partial charge is 0.497 e. The number of benzene rings is 1. The first-order chi connectivity index (χ1) is 11.6. The Labute approximate surface area is 167 Å². The van der Waals surface area contributed by atoms with Crippen LogP contribution in [0.5, 0.6) is 5.75 Å². The van der Waals surface area contributed by atoms with E-state index in [9.17, 15) is 5.11 Å². The predicted molar refractivity (Wildman–Crippen MR) is 111 cm³/mol. The van der Waals surface area contributed by atoms with Gasteiger partial charge in [0.05, 0.1) is 26.4 Å². The van der Waals surface area contributed by atoms with E-state index in [4.69, 9.17) is 9.47 Å². The van der Waals surface area contributed by atoms with Crippen LogP contribution in [-0.4, -0.2) is 63.0 Å². The molecule has 25 heavy (non-hydrogen) atoms. The quantitative estimate of drug-likeness (QED) is 0.369. The Kier molecular flexibility index (Phi) is 10.1. The molecule has 2 unspecified atom stereocenters. The number of aliphatic hydroxyl groups excluding tert-OH is 1. The fourth-order valence-electron chi connectivity index (χ4n) is 2.80. The first-order valence-corrected chi connectivity index (χ1v) is 8.53. The van der Waals surface area contributed by atoms with Crippen molar-refractivity contribution in [2.75, 3.05) is 47.0 Å². The van der Waals surface area contributed by atoms with Crippen molar-refractivity contribution >= 4 is 29.9 Å². The second-order valence-electron chi connectivity index (χ2n) is 6.10. The number of hydrogen-bond acceptors (Lipinski definition) is 4. The van der Waals surface area contributed by atoms with Crippen LogP contribution in [0.2, 0.25) is 0 Å². The summed E-state index contributed by atoms with van der Waals surface area (Å²) in [5, 5.41) is 13.7. The molecule has 1 aliphatic rings. The van der Waals surface area contributed by atoms with Gasteiger partial charge >= 0.3 is 0 Å². The summed E-state index contributed by atoms with van der Waals surface area (Å²) in [6.45, 7) is 5.71. The van der Waals surface area contributed by atoms with E-state index in [2.05, 4.69) is 15.2 Å². The van der Waals surface area contributed by atoms with Crippen LogP contribution in [0.3, 0.4) is 0 Å². The van der Waals surface area contributed by atoms with Crippen LogP contribution in [-0.2, 0) is 4.74 Å². The number of aliphatic hydroxyl groups is 1. The van der Waals surface area contributed by atoms with Gasteiger partial charge in [-0.05, 0) is 31.0 Å². The number of ether oxygens (including phenoxy) is 2. The lowest BCUT2D eigenvalue weighted by molar-refractivity contribution is 0.180. The van der Waals surface area contributed by atoms with Gasteiger partial charge in [0.25, 0.3) is 0 Å². The number of guanidine groups is 1. The molecule has 1 heterocycles. The third-order valence-corrected chi connectivity index (χ3v) is 4.15. The normalized spacial score (nSPS) is 18.4. The van der Waals surface area contributed by atoms with E-state index in [0.717, 1.165) is 50.0 Å². The van der Waals surface area contributed by atoms with Crippen molar-refractivity contribution in [3.05, 3.63) is 29.8 Å². The summed E-state index contributed by atoms with van der Waals surface area (Å²) in [6.07, 6.45) is 0.438. The van der Waals surface area contributed by atoms with Crippen LogP contribution < -0.4 is 10.1 Å². The summed E-state index contributed by atoms with van der Waals surface area (Å²) in [7, 11) is 3.65. The predicted octanol–water partition coefficient (Wildman–Crippen LogP) is 2.28. The first kappa shape index (κ1) is 22.0. The van der Waals surface area contributed by atoms with Gasteiger partial charge in [0.15, 0.2) is 5.96 Å². The minimum absolute atomic E-state index is 0. The van der Waals surface area contributed by atoms with E-state index in [0.29, 0.717) is 12.5 Å². The smallest absolute Gasteiger partial charge is 0.193 e. The molecule has 0 aromatic heterocycles. The van der Waals surface area contributed by atoms with Crippen molar-refractivity contribution in [2.24, 2.45) is 10.9 Å². The highest BCUT2D eigenvalue weighted by Crippen LogP contribution is 2.19. The molecule has 2 rings (SSSR count). The van der Waals surface area contributed by atoms with Gasteiger partial charge < -0.3 is 24.8 Å². The molecule has 2 N–H and O–H groups in total. The van der Waals surface area contributed by atoms with Gasteiger partial charge in [0.1, 0.15) is 5.75 Å². The van der Waals surface area contributed by atoms with Crippen molar-refractivity contribution in [3.63, 3.8) is 0 Å². The third-order valence-electron chi connectivity index (χ3n) is 4.15. The second kappa shape index (κ2) is 11.5. The number of aliphatic imine (C=N–C) groups is 1. The van der Waals surface area contributed by atoms with E-state index < -0.39 is 6.10 Å². The molecule has 7 heteroatoms. The maximum atomic E-state index is 10.4. The van der Waals surface area contributed by atoms with Gasteiger partial charge in [-0.1, -0.05) is 12.1 Å². The summed E-state index contributed by atoms with van der Waals surface area (Å²) < 4.78 is 10.6. The number of nitrogens with one attached hydrogen (secondary N) is 1. The summed E-state index contributed by atoms with van der Waals surface area (Å²) in [5.41, 5.74) is 0.806. The molecule has 0 bridgehead atoms. The minimum atomic E-state index is -0.656. The van der Waals surface area contributed by atoms with Crippen molar-refractivity contribution < 1.29 is 14.6 Å². The zero-order valence-electron chi connectivity index (χ0n) is 15.3. The summed E-state index contributed by atoms with van der Waals surface area (Å²) >= 11 is 0. The van der Waals surface area contributed by atoms with Gasteiger partial charge in [-0.3, -0.25) is 4.99 Å². The summed E-state index contributed by atoms with van der Waals surface area (Å²) in [6, 6.07) is 7.46. The Morgan fingerprint density at radius 2 is 2.32 bits per heavy atom. The Bertz CT molecular complexity index is 536. The van der Waals surface area contributed by atoms with Crippen LogP contribution in [0, 0.1) is 5.92 Å². The average molecular weight is 463 g/mol. The fraction of sp³-hybridized carbons (Fsp3) is 0.611. The number of hydrogen-bond donors (Lipinski definition) is 2. The zero-order valence-corrected chi connectivity index (χ0v) is 17.6. The maximum Gasteiger partial charge on any atom is 0.193 e. The SMILES string of the molecule is CCNC(=NCC(O)c1cccc(OC)c1)N(C)CC1CCOC1.I. The van der Waals surface area contributed by atoms with E-state index in [-0.39, 0.29) is 24.0 Å². The number of halogens is 1. The summed E-state index contributed by atoms with van der Waals surface area (Å²) in [4.78, 5) is 6.70. The summed E-state index contributed by atoms with van der Waals surface area (Å²) in [5.74, 6) is 2.09. The Hall–Kier alpha value is -1.06. The first-order valence-electron chi connectivity index (χ1n) is 8.53. The van der Waals surface area contributed by atoms with Gasteiger partial charge in [-0.15, -0.1) is 24.0 Å². The van der Waals surface area contributed by atoms with E-state index in [1.165, 1.54) is 0 Å². The molecular weight excluding hydrogens is 433 g/mol. The van der Waals surface area contributed by atoms with Crippen LogP contribution in [0.15, 0.2) is 29.3 Å². The van der Waals surface area contributed by atoms with Gasteiger partial charge in [-0.2, -0.15) is 0 Å². The van der Waals surface area contributed by atoms with Crippen molar-refractivity contribution in [1.29, 1.82) is 0 Å². The topological polar surface area (TPSA) is 66.3 Å². The van der Waals surface area contributed by atoms with E-state index in [1.807, 2.05) is 38.2 Å². The Morgan fingerprint density at radius 3 is 2.96 bits per heavy atom. The fourth-order valence-corrected chi connectivity index (χ4v) is 2.80. The zero-order chi connectivity index (χ0) is 17.4. The molecule has 1 aromatic carbocycles. The molecule has 1 fully saturated rings. The average Bonchev–Trinajstić information content (AvgIpc) is 3.11. The van der Waals surface area contributed by atoms with Crippen molar-refractivity contribution in [2.45, 2.75) is 19.4 Å². The number of methoxy groups -OCH3 is 1. The molecule has 0 aliphatic carbocycles. The molecule has 1 saturated heterocycles. The lowest BCUT2D eigenvalue weighted by Gasteiger charge is -2.25. The van der Waals surface area contributed by atoms with Crippen LogP contribution in [0.25, 0.3) is 0 Å². The number of nitrogens with zero attached hydrogens (tertiary/aromatic N) is 2. The van der Waals surface area contributed by atoms with Crippen molar-refractivity contribution in [3.8, 4) is 5.75 Å².